The van der Waals surface area contributed by atoms with Crippen molar-refractivity contribution in [1.29, 1.82) is 0 Å². The molecule has 1 aliphatic carbocycles. The third-order valence-corrected chi connectivity index (χ3v) is 4.22. The van der Waals surface area contributed by atoms with Crippen molar-refractivity contribution in [3.63, 3.8) is 0 Å². The van der Waals surface area contributed by atoms with E-state index in [9.17, 15) is 9.59 Å². The first kappa shape index (κ1) is 20.3. The molecule has 0 unspecified atom stereocenters. The van der Waals surface area contributed by atoms with Crippen molar-refractivity contribution in [2.45, 2.75) is 39.2 Å². The zero-order chi connectivity index (χ0) is 16.5. The number of benzene rings is 1. The fraction of sp³-hybridized carbons (Fsp3) is 0.529. The monoisotopic (exact) mass is 393 g/mol. The Hall–Kier alpha value is -0.776. The summed E-state index contributed by atoms with van der Waals surface area (Å²) in [5.41, 5.74) is 2.37. The molecule has 1 aromatic rings. The topological polar surface area (TPSA) is 58.6 Å². The number of carbonyl (C=O) groups excluding carboxylic acids is 2. The molecule has 1 N–H and O–H groups in total. The van der Waals surface area contributed by atoms with Crippen LogP contribution in [0.1, 0.15) is 41.3 Å². The molecule has 0 heterocycles. The Kier molecular flexibility index (Phi) is 6.93. The van der Waals surface area contributed by atoms with Crippen LogP contribution in [0.3, 0.4) is 0 Å². The van der Waals surface area contributed by atoms with E-state index in [2.05, 4.69) is 5.32 Å². The Bertz CT molecular complexity index is 610. The van der Waals surface area contributed by atoms with Gasteiger partial charge in [0, 0.05) is 32.7 Å². The van der Waals surface area contributed by atoms with Crippen molar-refractivity contribution in [2.75, 3.05) is 26.0 Å². The minimum absolute atomic E-state index is 0. The summed E-state index contributed by atoms with van der Waals surface area (Å²) in [4.78, 5) is 26.7. The van der Waals surface area contributed by atoms with E-state index in [1.165, 1.54) is 0 Å². The number of nitrogens with one attached hydrogen (secondary N) is 1. The van der Waals surface area contributed by atoms with Crippen LogP contribution < -0.4 is 5.32 Å². The molecule has 0 bridgehead atoms. The summed E-state index contributed by atoms with van der Waals surface area (Å²) < 4.78 is 5.11. The number of ether oxygens (including phenoxy) is 1. The molecule has 0 aliphatic heterocycles. The van der Waals surface area contributed by atoms with Crippen LogP contribution in [0.2, 0.25) is 0 Å². The van der Waals surface area contributed by atoms with Gasteiger partial charge in [-0.2, -0.15) is 0 Å². The van der Waals surface area contributed by atoms with E-state index in [4.69, 9.17) is 4.74 Å². The van der Waals surface area contributed by atoms with Crippen LogP contribution in [0.15, 0.2) is 12.1 Å². The molecule has 0 aromatic heterocycles. The van der Waals surface area contributed by atoms with Gasteiger partial charge < -0.3 is 10.1 Å². The fourth-order valence-corrected chi connectivity index (χ4v) is 2.73. The zero-order valence-electron chi connectivity index (χ0n) is 14.5. The Morgan fingerprint density at radius 1 is 1.26 bits per heavy atom. The van der Waals surface area contributed by atoms with Crippen LogP contribution in [-0.4, -0.2) is 43.0 Å². The van der Waals surface area contributed by atoms with Crippen LogP contribution in [0, 0.1) is 13.8 Å². The number of hydrogen-bond donors (Lipinski definition) is 1. The number of anilines is 1. The minimum Gasteiger partial charge on any atom is -0.462 e. The van der Waals surface area contributed by atoms with E-state index in [-0.39, 0.29) is 38.6 Å². The van der Waals surface area contributed by atoms with Gasteiger partial charge in [-0.25, -0.2) is 4.79 Å². The molecule has 0 spiro atoms. The summed E-state index contributed by atoms with van der Waals surface area (Å²) in [6.07, 6.45) is 1.68. The average molecular weight is 393 g/mol. The first-order valence-corrected chi connectivity index (χ1v) is 7.59. The summed E-state index contributed by atoms with van der Waals surface area (Å²) in [5.74, 6) is -0.464. The van der Waals surface area contributed by atoms with Gasteiger partial charge >= 0.3 is 5.97 Å². The van der Waals surface area contributed by atoms with Crippen LogP contribution in [-0.2, 0) is 42.2 Å². The van der Waals surface area contributed by atoms with Gasteiger partial charge in [-0.1, -0.05) is 6.07 Å². The van der Waals surface area contributed by atoms with Gasteiger partial charge in [-0.3, -0.25) is 9.69 Å². The first-order valence-electron chi connectivity index (χ1n) is 7.59. The van der Waals surface area contributed by atoms with Crippen LogP contribution in [0.4, 0.5) is 5.69 Å². The number of nitrogens with zero attached hydrogens (tertiary/aromatic N) is 1. The summed E-state index contributed by atoms with van der Waals surface area (Å²) in [6.45, 7) is 5.88. The number of carbonyl (C=O) groups is 2. The molecule has 1 aromatic carbocycles. The minimum atomic E-state index is -0.441. The molecule has 23 heavy (non-hydrogen) atoms. The van der Waals surface area contributed by atoms with E-state index in [1.54, 1.807) is 13.0 Å². The maximum atomic E-state index is 12.6. The summed E-state index contributed by atoms with van der Waals surface area (Å²) in [7, 11) is 3.81. The van der Waals surface area contributed by atoms with Gasteiger partial charge in [0.2, 0.25) is 5.91 Å². The van der Waals surface area contributed by atoms with Crippen molar-refractivity contribution in [2.24, 2.45) is 0 Å². The molecule has 1 radical (unpaired) electrons. The molecule has 6 heteroatoms. The van der Waals surface area contributed by atoms with E-state index < -0.39 is 11.5 Å². The Labute approximate surface area is 163 Å². The molecule has 1 fully saturated rings. The van der Waals surface area contributed by atoms with Gasteiger partial charge in [0.1, 0.15) is 5.54 Å². The predicted octanol–water partition coefficient (Wildman–Crippen LogP) is 2.51. The van der Waals surface area contributed by atoms with E-state index in [0.717, 1.165) is 24.0 Å². The maximum Gasteiger partial charge on any atom is 0.340 e. The quantitative estimate of drug-likeness (QED) is 0.782. The predicted molar refractivity (Wildman–Crippen MR) is 86.2 cm³/mol. The van der Waals surface area contributed by atoms with E-state index in [1.807, 2.05) is 38.9 Å². The number of hydrogen-bond acceptors (Lipinski definition) is 4. The molecule has 123 valence electrons. The van der Waals surface area contributed by atoms with Gasteiger partial charge in [-0.05, 0) is 64.9 Å². The Morgan fingerprint density at radius 2 is 1.87 bits per heavy atom. The third-order valence-electron chi connectivity index (χ3n) is 4.22. The van der Waals surface area contributed by atoms with Gasteiger partial charge in [0.05, 0.1) is 17.9 Å². The summed E-state index contributed by atoms with van der Waals surface area (Å²) in [5, 5.41) is 2.95. The van der Waals surface area contributed by atoms with Gasteiger partial charge in [-0.15, -0.1) is 0 Å². The van der Waals surface area contributed by atoms with Crippen LogP contribution >= 0.6 is 0 Å². The molecule has 1 saturated carbocycles. The maximum absolute atomic E-state index is 12.6. The normalized spacial score (nSPS) is 14.9. The van der Waals surface area contributed by atoms with Crippen molar-refractivity contribution >= 4 is 17.6 Å². The van der Waals surface area contributed by atoms with Gasteiger partial charge in [0.25, 0.3) is 0 Å². The average Bonchev–Trinajstić information content (AvgIpc) is 3.23. The molecule has 1 amide bonds. The Balaban J connectivity index is 0.00000264. The second-order valence-electron chi connectivity index (χ2n) is 6.10. The number of rotatable bonds is 5. The summed E-state index contributed by atoms with van der Waals surface area (Å²) >= 11 is 0. The van der Waals surface area contributed by atoms with Crippen molar-refractivity contribution in [3.8, 4) is 0 Å². The second kappa shape index (κ2) is 7.86. The molecule has 5 nitrogen and oxygen atoms in total. The Morgan fingerprint density at radius 3 is 2.35 bits per heavy atom. The molecular weight excluding hydrogens is 369 g/mol. The van der Waals surface area contributed by atoms with E-state index in [0.29, 0.717) is 17.9 Å². The van der Waals surface area contributed by atoms with Crippen molar-refractivity contribution in [1.82, 2.24) is 4.90 Å². The molecule has 0 atom stereocenters. The largest absolute Gasteiger partial charge is 0.462 e. The molecule has 0 saturated heterocycles. The molecular formula is C17H24N2O3Y. The smallest absolute Gasteiger partial charge is 0.340 e. The molecule has 1 aliphatic rings. The zero-order valence-corrected chi connectivity index (χ0v) is 17.4. The van der Waals surface area contributed by atoms with Crippen molar-refractivity contribution in [3.05, 3.63) is 28.8 Å². The number of likely N-dealkylation sites (N-methyl/N-ethyl adjacent to an activating group) is 1. The van der Waals surface area contributed by atoms with Crippen LogP contribution in [0.25, 0.3) is 0 Å². The van der Waals surface area contributed by atoms with Crippen LogP contribution in [0.5, 0.6) is 0 Å². The van der Waals surface area contributed by atoms with Gasteiger partial charge in [0.15, 0.2) is 0 Å². The fourth-order valence-electron chi connectivity index (χ4n) is 2.73. The number of amides is 1. The SMILES string of the molecule is CCOC(=O)c1cc(C)cc(C)c1NC(=O)C1(N(C)C)CC1.[Y]. The van der Waals surface area contributed by atoms with E-state index >= 15 is 0 Å². The van der Waals surface area contributed by atoms with Crippen molar-refractivity contribution < 1.29 is 47.0 Å². The second-order valence-corrected chi connectivity index (χ2v) is 6.10. The number of esters is 1. The molecule has 2 rings (SSSR count). The standard InChI is InChI=1S/C17H24N2O3.Y/c1-6-22-15(20)13-10-11(2)9-12(3)14(13)18-16(21)17(7-8-17)19(4)5;/h9-10H,6-8H2,1-5H3,(H,18,21);. The third kappa shape index (κ3) is 4.20. The summed E-state index contributed by atoms with van der Waals surface area (Å²) in [6, 6.07) is 3.71. The first-order chi connectivity index (χ1) is 10.3. The number of aryl methyl sites for hydroxylation is 2.